The van der Waals surface area contributed by atoms with Crippen LogP contribution in [0.25, 0.3) is 22.3 Å². The average molecular weight is 1350 g/mol. The van der Waals surface area contributed by atoms with Gasteiger partial charge in [-0.3, -0.25) is 19.2 Å². The maximum Gasteiger partial charge on any atom is 0.315 e. The van der Waals surface area contributed by atoms with E-state index in [1.165, 1.54) is 0 Å². The lowest BCUT2D eigenvalue weighted by Crippen LogP contribution is -2.49. The molecule has 7 rings (SSSR count). The van der Waals surface area contributed by atoms with Gasteiger partial charge in [-0.05, 0) is 69.9 Å². The van der Waals surface area contributed by atoms with Crippen molar-refractivity contribution >= 4 is 52.4 Å². The number of aromatic amines is 1. The van der Waals surface area contributed by atoms with Crippen molar-refractivity contribution in [3.05, 3.63) is 69.4 Å². The normalized spacial score (nSPS) is 16.3. The van der Waals surface area contributed by atoms with Gasteiger partial charge in [0, 0.05) is 85.8 Å². The van der Waals surface area contributed by atoms with Gasteiger partial charge in [0.05, 0.1) is 200 Å². The molecule has 0 radical (unpaired) electrons. The van der Waals surface area contributed by atoms with Crippen LogP contribution >= 0.6 is 11.8 Å². The zero-order valence-corrected chi connectivity index (χ0v) is 57.0. The number of hydrogen-bond donors (Lipinski definition) is 5. The minimum absolute atomic E-state index is 0.000354. The summed E-state index contributed by atoms with van der Waals surface area (Å²) in [5.41, 5.74) is 4.37. The number of anilines is 1. The second-order valence-corrected chi connectivity index (χ2v) is 24.6. The number of ether oxygens (including phenoxy) is 12. The molecule has 3 saturated heterocycles. The second kappa shape index (κ2) is 44.8. The summed E-state index contributed by atoms with van der Waals surface area (Å²) in [6.45, 7) is 21.6. The molecule has 3 fully saturated rings. The number of urea groups is 1. The molecule has 7 heterocycles. The van der Waals surface area contributed by atoms with E-state index < -0.39 is 0 Å². The van der Waals surface area contributed by atoms with Gasteiger partial charge in [0.15, 0.2) is 5.65 Å². The van der Waals surface area contributed by atoms with E-state index in [9.17, 15) is 24.0 Å². The summed E-state index contributed by atoms with van der Waals surface area (Å²) >= 11 is 1.90. The number of nitrogens with one attached hydrogen (secondary N) is 5. The smallest absolute Gasteiger partial charge is 0.315 e. The van der Waals surface area contributed by atoms with Gasteiger partial charge in [-0.1, -0.05) is 19.8 Å². The highest BCUT2D eigenvalue weighted by Crippen LogP contribution is 2.33. The Labute approximate surface area is 562 Å². The molecule has 4 aromatic heterocycles. The van der Waals surface area contributed by atoms with Gasteiger partial charge < -0.3 is 92.9 Å². The van der Waals surface area contributed by atoms with E-state index in [-0.39, 0.29) is 60.4 Å². The predicted molar refractivity (Wildman–Crippen MR) is 358 cm³/mol. The molecule has 3 aliphatic heterocycles. The molecule has 0 aliphatic carbocycles. The highest BCUT2D eigenvalue weighted by molar-refractivity contribution is 8.00. The van der Waals surface area contributed by atoms with Crippen molar-refractivity contribution in [1.82, 2.24) is 50.9 Å². The number of H-pyrrole nitrogens is 1. The van der Waals surface area contributed by atoms with Crippen LogP contribution in [0.1, 0.15) is 92.5 Å². The van der Waals surface area contributed by atoms with Crippen molar-refractivity contribution in [1.29, 1.82) is 0 Å². The molecule has 0 saturated carbocycles. The van der Waals surface area contributed by atoms with E-state index >= 15 is 0 Å². The largest absolute Gasteiger partial charge is 0.379 e. The molecular formula is C66H103N11O17S. The SMILES string of the molecule is CCCc1cc(C)[nH]c(=O)c1CNC(=O)c1cc(-c2ccc(N3CCN(C(=O)CCOCCOCCOCCOCCOCCOCCOCCOCCOCCOCCOCCOCCNC(=O)CCCC[C@@H]4SC[C@@H]5NC(=O)N[C@@H]54)CC3)nc2)nc2c1cnn2C(C)C. The highest BCUT2D eigenvalue weighted by atomic mass is 32.2. The molecular weight excluding hydrogens is 1250 g/mol. The summed E-state index contributed by atoms with van der Waals surface area (Å²) < 4.78 is 68.6. The second-order valence-electron chi connectivity index (χ2n) is 23.3. The maximum absolute atomic E-state index is 13.9. The lowest BCUT2D eigenvalue weighted by Gasteiger charge is -2.35. The molecule has 0 unspecified atom stereocenters. The third-order valence-corrected chi connectivity index (χ3v) is 17.3. The first-order chi connectivity index (χ1) is 46.5. The van der Waals surface area contributed by atoms with Crippen molar-refractivity contribution in [2.75, 3.05) is 202 Å². The maximum atomic E-state index is 13.9. The summed E-state index contributed by atoms with van der Waals surface area (Å²) in [6.07, 6.45) is 8.61. The molecule has 28 nitrogen and oxygen atoms in total. The molecule has 5 amide bonds. The van der Waals surface area contributed by atoms with Crippen LogP contribution in [0.5, 0.6) is 0 Å². The first-order valence-corrected chi connectivity index (χ1v) is 34.8. The van der Waals surface area contributed by atoms with Gasteiger partial charge in [-0.2, -0.15) is 16.9 Å². The number of rotatable bonds is 52. The molecule has 4 aromatic rings. The standard InChI is InChI=1S/C66H103N11O17S/c1-5-8-51-43-50(4)71-65(81)54(51)46-69-64(80)53-44-56(72-63-55(53)47-70-77(63)49(2)3)52-11-12-59(68-45-52)75-15-17-76(18-16-75)61(79)13-19-83-21-23-85-25-27-87-29-31-89-33-35-91-37-39-93-41-42-94-40-38-92-36-34-90-32-30-88-28-26-86-24-22-84-20-14-67-60(78)10-7-6-9-58-62-57(48-95-58)73-66(82)74-62/h11-12,43-45,47,49,57-58,62H,5-10,13-42,46,48H2,1-4H3,(H,67,78)(H,69,80)(H,71,81)(H2,73,74,82)/t57-,58-,62-/m0/s1. The van der Waals surface area contributed by atoms with Gasteiger partial charge in [0.1, 0.15) is 5.82 Å². The molecule has 3 atom stereocenters. The molecule has 95 heavy (non-hydrogen) atoms. The quantitative estimate of drug-likeness (QED) is 0.0308. The Bertz CT molecular complexity index is 2920. The minimum Gasteiger partial charge on any atom is -0.379 e. The lowest BCUT2D eigenvalue weighted by atomic mass is 10.0. The van der Waals surface area contributed by atoms with E-state index in [4.69, 9.17) is 66.8 Å². The van der Waals surface area contributed by atoms with Crippen LogP contribution in [0, 0.1) is 6.92 Å². The van der Waals surface area contributed by atoms with Gasteiger partial charge in [-0.15, -0.1) is 0 Å². The number of pyridine rings is 3. The van der Waals surface area contributed by atoms with Crippen molar-refractivity contribution in [3.63, 3.8) is 0 Å². The Morgan fingerprint density at radius 3 is 1.73 bits per heavy atom. The van der Waals surface area contributed by atoms with Crippen LogP contribution in [0.15, 0.2) is 41.5 Å². The number of carbonyl (C=O) groups is 4. The topological polar surface area (TPSA) is 310 Å². The Kier molecular flexibility index (Phi) is 36.1. The molecule has 3 aliphatic rings. The predicted octanol–water partition coefficient (Wildman–Crippen LogP) is 4.03. The lowest BCUT2D eigenvalue weighted by molar-refractivity contribution is -0.132. The van der Waals surface area contributed by atoms with Gasteiger partial charge in [0.2, 0.25) is 11.8 Å². The zero-order valence-electron chi connectivity index (χ0n) is 56.2. The van der Waals surface area contributed by atoms with Crippen molar-refractivity contribution in [2.45, 2.75) is 103 Å². The number of hydrogen-bond acceptors (Lipinski definition) is 22. The number of piperazine rings is 1. The molecule has 0 spiro atoms. The summed E-state index contributed by atoms with van der Waals surface area (Å²) in [4.78, 5) is 80.1. The number of thioether (sulfide) groups is 1. The number of aryl methyl sites for hydroxylation is 2. The van der Waals surface area contributed by atoms with E-state index in [0.29, 0.717) is 231 Å². The Balaban J connectivity index is 0.572. The van der Waals surface area contributed by atoms with Crippen LogP contribution in [-0.2, 0) is 79.4 Å². The first-order valence-electron chi connectivity index (χ1n) is 33.7. The third-order valence-electron chi connectivity index (χ3n) is 15.8. The van der Waals surface area contributed by atoms with Crippen molar-refractivity contribution < 1.29 is 76.0 Å². The molecule has 0 bridgehead atoms. The van der Waals surface area contributed by atoms with Crippen molar-refractivity contribution in [3.8, 4) is 11.3 Å². The summed E-state index contributed by atoms with van der Waals surface area (Å²) in [6, 6.07) is 7.98. The Hall–Kier alpha value is -5.93. The van der Waals surface area contributed by atoms with Crippen LogP contribution in [0.4, 0.5) is 10.6 Å². The molecule has 5 N–H and O–H groups in total. The van der Waals surface area contributed by atoms with Gasteiger partial charge in [0.25, 0.3) is 11.5 Å². The zero-order chi connectivity index (χ0) is 67.1. The number of carbonyl (C=O) groups excluding carboxylic acids is 4. The molecule has 530 valence electrons. The van der Waals surface area contributed by atoms with Crippen LogP contribution in [-0.4, -0.2) is 268 Å². The highest BCUT2D eigenvalue weighted by Gasteiger charge is 2.42. The molecule has 29 heteroatoms. The van der Waals surface area contributed by atoms with E-state index in [1.807, 2.05) is 55.6 Å². The number of unbranched alkanes of at least 4 members (excludes halogenated alkanes) is 1. The Morgan fingerprint density at radius 1 is 0.653 bits per heavy atom. The van der Waals surface area contributed by atoms with E-state index in [2.05, 4.69) is 43.2 Å². The minimum atomic E-state index is -0.329. The Morgan fingerprint density at radius 2 is 1.20 bits per heavy atom. The number of amides is 5. The monoisotopic (exact) mass is 1350 g/mol. The van der Waals surface area contributed by atoms with E-state index in [0.717, 1.165) is 60.5 Å². The molecule has 0 aromatic carbocycles. The summed E-state index contributed by atoms with van der Waals surface area (Å²) in [5, 5.41) is 17.5. The first kappa shape index (κ1) is 76.4. The third kappa shape index (κ3) is 27.8. The van der Waals surface area contributed by atoms with Gasteiger partial charge >= 0.3 is 6.03 Å². The van der Waals surface area contributed by atoms with Gasteiger partial charge in [-0.25, -0.2) is 19.4 Å². The summed E-state index contributed by atoms with van der Waals surface area (Å²) in [5.74, 6) is 1.48. The fourth-order valence-electron chi connectivity index (χ4n) is 10.8. The van der Waals surface area contributed by atoms with Crippen molar-refractivity contribution in [2.24, 2.45) is 0 Å². The number of nitrogens with zero attached hydrogens (tertiary/aromatic N) is 6. The van der Waals surface area contributed by atoms with Crippen LogP contribution in [0.3, 0.4) is 0 Å². The fraction of sp³-hybridized carbons (Fsp3) is 0.697. The van der Waals surface area contributed by atoms with Crippen LogP contribution in [0.2, 0.25) is 0 Å². The fourth-order valence-corrected chi connectivity index (χ4v) is 12.4. The average Bonchev–Trinajstić information content (AvgIpc) is 1.71. The number of fused-ring (bicyclic) bond motifs is 2. The van der Waals surface area contributed by atoms with Crippen LogP contribution < -0.4 is 31.7 Å². The number of aromatic nitrogens is 5. The summed E-state index contributed by atoms with van der Waals surface area (Å²) in [7, 11) is 0. The van der Waals surface area contributed by atoms with E-state index in [1.54, 1.807) is 23.1 Å².